The molecule has 1 aromatic rings. The summed E-state index contributed by atoms with van der Waals surface area (Å²) in [6, 6.07) is 6.58. The van der Waals surface area contributed by atoms with Crippen LogP contribution in [0.15, 0.2) is 18.2 Å². The molecule has 0 amide bonds. The zero-order chi connectivity index (χ0) is 16.1. The van der Waals surface area contributed by atoms with Gasteiger partial charge in [-0.05, 0) is 63.3 Å². The van der Waals surface area contributed by atoms with Crippen LogP contribution in [0.4, 0.5) is 0 Å². The van der Waals surface area contributed by atoms with Crippen molar-refractivity contribution in [3.63, 3.8) is 0 Å². The van der Waals surface area contributed by atoms with Crippen LogP contribution in [0, 0.1) is 6.92 Å². The van der Waals surface area contributed by atoms with Gasteiger partial charge in [0.2, 0.25) is 0 Å². The molecule has 0 N–H and O–H groups in total. The maximum absolute atomic E-state index is 6.37. The van der Waals surface area contributed by atoms with Crippen molar-refractivity contribution < 1.29 is 4.18 Å². The molecule has 0 aromatic heterocycles. The van der Waals surface area contributed by atoms with Crippen LogP contribution in [0.2, 0.25) is 0 Å². The summed E-state index contributed by atoms with van der Waals surface area (Å²) in [5.74, 6) is 1.59. The molecule has 0 aliphatic carbocycles. The average Bonchev–Trinajstić information content (AvgIpc) is 2.32. The molecule has 2 heteroatoms. The Bertz CT molecular complexity index is 414. The number of hydrogen-bond donors (Lipinski definition) is 0. The number of benzene rings is 1. The van der Waals surface area contributed by atoms with Crippen molar-refractivity contribution in [2.24, 2.45) is 0 Å². The SMILES string of the molecule is CC.Cc1ccc(C(C)C)cc1OS(C)(C)C(C)(C)C. The van der Waals surface area contributed by atoms with E-state index in [1.165, 1.54) is 11.1 Å². The Morgan fingerprint density at radius 3 is 1.95 bits per heavy atom. The third-order valence-electron chi connectivity index (χ3n) is 3.65. The van der Waals surface area contributed by atoms with Crippen LogP contribution in [-0.4, -0.2) is 17.3 Å². The lowest BCUT2D eigenvalue weighted by Gasteiger charge is -2.44. The largest absolute Gasteiger partial charge is 0.449 e. The van der Waals surface area contributed by atoms with Crippen molar-refractivity contribution in [1.82, 2.24) is 0 Å². The molecule has 0 atom stereocenters. The summed E-state index contributed by atoms with van der Waals surface area (Å²) in [6.07, 6.45) is 4.49. The monoisotopic (exact) mass is 298 g/mol. The van der Waals surface area contributed by atoms with Gasteiger partial charge in [-0.15, -0.1) is 0 Å². The summed E-state index contributed by atoms with van der Waals surface area (Å²) in [4.78, 5) is 0. The molecule has 1 rings (SSSR count). The van der Waals surface area contributed by atoms with Gasteiger partial charge in [-0.3, -0.25) is 0 Å². The van der Waals surface area contributed by atoms with Gasteiger partial charge in [-0.1, -0.05) is 50.1 Å². The summed E-state index contributed by atoms with van der Waals surface area (Å²) in [6.45, 7) is 17.3. The van der Waals surface area contributed by atoms with Gasteiger partial charge in [-0.2, -0.15) is 0 Å². The van der Waals surface area contributed by atoms with E-state index in [-0.39, 0.29) is 4.75 Å². The lowest BCUT2D eigenvalue weighted by atomic mass is 10.0. The summed E-state index contributed by atoms with van der Waals surface area (Å²) in [7, 11) is -1.12. The van der Waals surface area contributed by atoms with E-state index in [0.29, 0.717) is 5.92 Å². The van der Waals surface area contributed by atoms with Gasteiger partial charge in [0.1, 0.15) is 5.75 Å². The Balaban J connectivity index is 0.00000172. The Kier molecular flexibility index (Phi) is 7.17. The Morgan fingerprint density at radius 2 is 1.55 bits per heavy atom. The normalized spacial score (nSPS) is 12.8. The first-order valence-electron chi connectivity index (χ1n) is 7.57. The number of aryl methyl sites for hydroxylation is 1. The van der Waals surface area contributed by atoms with Crippen molar-refractivity contribution in [3.05, 3.63) is 29.3 Å². The van der Waals surface area contributed by atoms with Gasteiger partial charge in [-0.25, -0.2) is 0 Å². The van der Waals surface area contributed by atoms with Gasteiger partial charge < -0.3 is 4.18 Å². The Labute approximate surface area is 128 Å². The van der Waals surface area contributed by atoms with Crippen molar-refractivity contribution in [2.75, 3.05) is 12.5 Å². The highest BCUT2D eigenvalue weighted by molar-refractivity contribution is 8.30. The lowest BCUT2D eigenvalue weighted by molar-refractivity contribution is 0.580. The molecule has 0 aliphatic rings. The molecule has 0 fully saturated rings. The fourth-order valence-corrected chi connectivity index (χ4v) is 2.29. The minimum atomic E-state index is -1.12. The molecule has 1 nitrogen and oxygen atoms in total. The Morgan fingerprint density at radius 1 is 1.05 bits per heavy atom. The average molecular weight is 299 g/mol. The minimum Gasteiger partial charge on any atom is -0.449 e. The van der Waals surface area contributed by atoms with Crippen LogP contribution < -0.4 is 4.18 Å². The molecule has 20 heavy (non-hydrogen) atoms. The van der Waals surface area contributed by atoms with E-state index in [4.69, 9.17) is 4.18 Å². The molecule has 1 aromatic carbocycles. The highest BCUT2D eigenvalue weighted by atomic mass is 32.3. The maximum atomic E-state index is 6.37. The van der Waals surface area contributed by atoms with E-state index in [0.717, 1.165) is 5.75 Å². The van der Waals surface area contributed by atoms with Crippen LogP contribution in [0.25, 0.3) is 0 Å². The first-order valence-corrected chi connectivity index (χ1v) is 9.95. The van der Waals surface area contributed by atoms with Crippen molar-refractivity contribution in [3.8, 4) is 5.75 Å². The highest BCUT2D eigenvalue weighted by Crippen LogP contribution is 2.54. The quantitative estimate of drug-likeness (QED) is 0.636. The predicted octanol–water partition coefficient (Wildman–Crippen LogP) is 6.30. The molecule has 0 saturated heterocycles. The topological polar surface area (TPSA) is 9.23 Å². The van der Waals surface area contributed by atoms with Crippen LogP contribution in [0.5, 0.6) is 5.75 Å². The van der Waals surface area contributed by atoms with Crippen molar-refractivity contribution >= 4 is 10.3 Å². The zero-order valence-corrected chi connectivity index (χ0v) is 15.9. The Hall–Kier alpha value is -0.630. The van der Waals surface area contributed by atoms with Gasteiger partial charge >= 0.3 is 0 Å². The van der Waals surface area contributed by atoms with Gasteiger partial charge in [0, 0.05) is 4.75 Å². The molecule has 0 bridgehead atoms. The zero-order valence-electron chi connectivity index (χ0n) is 15.1. The molecule has 0 saturated carbocycles. The minimum absolute atomic E-state index is 0.188. The van der Waals surface area contributed by atoms with E-state index in [2.05, 4.69) is 72.3 Å². The van der Waals surface area contributed by atoms with E-state index in [1.807, 2.05) is 13.8 Å². The second kappa shape index (κ2) is 7.40. The molecule has 0 unspecified atom stereocenters. The van der Waals surface area contributed by atoms with E-state index in [9.17, 15) is 0 Å². The van der Waals surface area contributed by atoms with Crippen LogP contribution in [0.1, 0.15) is 65.5 Å². The second-order valence-electron chi connectivity index (χ2n) is 6.61. The van der Waals surface area contributed by atoms with Gasteiger partial charge in [0.15, 0.2) is 0 Å². The second-order valence-corrected chi connectivity index (χ2v) is 10.5. The maximum Gasteiger partial charge on any atom is 0.138 e. The van der Waals surface area contributed by atoms with Gasteiger partial charge in [0.25, 0.3) is 0 Å². The molecular formula is C18H34OS. The number of rotatable bonds is 3. The number of hydrogen-bond acceptors (Lipinski definition) is 1. The molecule has 0 heterocycles. The molecule has 0 radical (unpaired) electrons. The summed E-state index contributed by atoms with van der Waals surface area (Å²) < 4.78 is 6.56. The molecule has 0 spiro atoms. The van der Waals surface area contributed by atoms with E-state index in [1.54, 1.807) is 0 Å². The van der Waals surface area contributed by atoms with Crippen LogP contribution in [-0.2, 0) is 0 Å². The van der Waals surface area contributed by atoms with Crippen LogP contribution in [0.3, 0.4) is 0 Å². The van der Waals surface area contributed by atoms with E-state index < -0.39 is 10.3 Å². The fraction of sp³-hybridized carbons (Fsp3) is 0.667. The van der Waals surface area contributed by atoms with Gasteiger partial charge in [0.05, 0.1) is 0 Å². The highest BCUT2D eigenvalue weighted by Gasteiger charge is 2.30. The smallest absolute Gasteiger partial charge is 0.138 e. The molecule has 118 valence electrons. The molecular weight excluding hydrogens is 264 g/mol. The van der Waals surface area contributed by atoms with E-state index >= 15 is 0 Å². The van der Waals surface area contributed by atoms with Crippen molar-refractivity contribution in [1.29, 1.82) is 0 Å². The first-order chi connectivity index (χ1) is 9.04. The molecule has 0 aliphatic heterocycles. The lowest BCUT2D eigenvalue weighted by Crippen LogP contribution is -2.27. The summed E-state index contributed by atoms with van der Waals surface area (Å²) in [5.41, 5.74) is 2.57. The summed E-state index contributed by atoms with van der Waals surface area (Å²) in [5, 5.41) is 0. The summed E-state index contributed by atoms with van der Waals surface area (Å²) >= 11 is 0. The van der Waals surface area contributed by atoms with Crippen LogP contribution >= 0.6 is 10.3 Å². The fourth-order valence-electron chi connectivity index (χ4n) is 1.42. The predicted molar refractivity (Wildman–Crippen MR) is 96.4 cm³/mol. The standard InChI is InChI=1S/C16H28OS.C2H6/c1-12(2)14-10-9-13(3)15(11-14)17-18(7,8)16(4,5)6;1-2/h9-12H,1-8H3;1-2H3. The third-order valence-corrected chi connectivity index (χ3v) is 7.20. The van der Waals surface area contributed by atoms with Crippen molar-refractivity contribution in [2.45, 2.75) is 66.1 Å². The third kappa shape index (κ3) is 5.05. The first kappa shape index (κ1) is 19.4.